The molecular weight excluding hydrogens is 679 g/mol. The second-order valence-electron chi connectivity index (χ2n) is 13.9. The fourth-order valence-electron chi connectivity index (χ4n) is 8.03. The summed E-state index contributed by atoms with van der Waals surface area (Å²) in [6.45, 7) is 0. The average molecular weight is 710 g/mol. The molecule has 254 valence electrons. The first-order valence-corrected chi connectivity index (χ1v) is 19.1. The van der Waals surface area contributed by atoms with E-state index in [0.29, 0.717) is 23.4 Å². The van der Waals surface area contributed by atoms with E-state index in [1.807, 2.05) is 41.7 Å². The van der Waals surface area contributed by atoms with Gasteiger partial charge in [0.1, 0.15) is 11.2 Å². The van der Waals surface area contributed by atoms with Crippen molar-refractivity contribution in [1.29, 1.82) is 0 Å². The van der Waals surface area contributed by atoms with E-state index in [1.54, 1.807) is 0 Å². The van der Waals surface area contributed by atoms with Crippen LogP contribution in [0.15, 0.2) is 174 Å². The Hall–Kier alpha value is -6.69. The van der Waals surface area contributed by atoms with E-state index < -0.39 is 0 Å². The van der Waals surface area contributed by atoms with Crippen molar-refractivity contribution in [3.63, 3.8) is 0 Å². The Labute approximate surface area is 315 Å². The van der Waals surface area contributed by atoms with Crippen LogP contribution in [0.2, 0.25) is 0 Å². The lowest BCUT2D eigenvalue weighted by Gasteiger charge is -2.17. The van der Waals surface area contributed by atoms with E-state index in [2.05, 4.69) is 140 Å². The third-order valence-corrected chi connectivity index (χ3v) is 11.8. The Morgan fingerprint density at radius 3 is 2.11 bits per heavy atom. The van der Waals surface area contributed by atoms with Crippen molar-refractivity contribution in [1.82, 2.24) is 15.0 Å². The van der Waals surface area contributed by atoms with Crippen LogP contribution in [0.3, 0.4) is 0 Å². The molecule has 0 N–H and O–H groups in total. The first-order valence-electron chi connectivity index (χ1n) is 18.3. The van der Waals surface area contributed by atoms with E-state index in [4.69, 9.17) is 19.4 Å². The van der Waals surface area contributed by atoms with Crippen LogP contribution in [0, 0.1) is 0 Å². The molecule has 1 aliphatic carbocycles. The Morgan fingerprint density at radius 1 is 0.537 bits per heavy atom. The van der Waals surface area contributed by atoms with Crippen LogP contribution in [0.1, 0.15) is 23.7 Å². The van der Waals surface area contributed by atoms with Crippen LogP contribution in [-0.4, -0.2) is 15.0 Å². The summed E-state index contributed by atoms with van der Waals surface area (Å²) in [5, 5.41) is 7.12. The molecule has 0 aliphatic heterocycles. The SMILES string of the molecule is C1=CC(c2ccccc2)CC=C1c1nc(-c2ccccc2)nc(-c2ccc(-c3ccc4sc5ccc6ccccc6c5c4c3)c3oc4ccccc4c23)n1. The van der Waals surface area contributed by atoms with Gasteiger partial charge in [-0.1, -0.05) is 133 Å². The number of furan rings is 1. The number of rotatable bonds is 5. The average Bonchev–Trinajstić information content (AvgIpc) is 3.83. The van der Waals surface area contributed by atoms with E-state index >= 15 is 0 Å². The van der Waals surface area contributed by atoms with Crippen LogP contribution in [0.4, 0.5) is 0 Å². The molecule has 4 nitrogen and oxygen atoms in total. The zero-order valence-electron chi connectivity index (χ0n) is 29.1. The van der Waals surface area contributed by atoms with Gasteiger partial charge in [-0.25, -0.2) is 15.0 Å². The largest absolute Gasteiger partial charge is 0.455 e. The summed E-state index contributed by atoms with van der Waals surface area (Å²) >= 11 is 1.84. The minimum absolute atomic E-state index is 0.319. The monoisotopic (exact) mass is 709 g/mol. The van der Waals surface area contributed by atoms with E-state index in [0.717, 1.165) is 56.2 Å². The molecule has 11 rings (SSSR count). The lowest BCUT2D eigenvalue weighted by molar-refractivity contribution is 0.670. The zero-order valence-corrected chi connectivity index (χ0v) is 29.9. The van der Waals surface area contributed by atoms with E-state index in [1.165, 1.54) is 36.5 Å². The van der Waals surface area contributed by atoms with Crippen molar-refractivity contribution in [3.8, 4) is 33.9 Å². The molecule has 54 heavy (non-hydrogen) atoms. The molecular formula is C49H31N3OS. The molecule has 7 aromatic carbocycles. The molecule has 5 heteroatoms. The fraction of sp³-hybridized carbons (Fsp3) is 0.0408. The fourth-order valence-corrected chi connectivity index (χ4v) is 9.13. The highest BCUT2D eigenvalue weighted by Crippen LogP contribution is 2.44. The number of fused-ring (bicyclic) bond motifs is 8. The highest BCUT2D eigenvalue weighted by Gasteiger charge is 2.22. The normalized spacial score (nSPS) is 14.4. The number of hydrogen-bond acceptors (Lipinski definition) is 5. The molecule has 3 heterocycles. The molecule has 1 unspecified atom stereocenters. The Bertz CT molecular complexity index is 3140. The first-order chi connectivity index (χ1) is 26.7. The van der Waals surface area contributed by atoms with E-state index in [9.17, 15) is 0 Å². The summed E-state index contributed by atoms with van der Waals surface area (Å²) < 4.78 is 9.34. The van der Waals surface area contributed by atoms with Crippen LogP contribution in [0.5, 0.6) is 0 Å². The number of nitrogens with zero attached hydrogens (tertiary/aromatic N) is 3. The Morgan fingerprint density at radius 2 is 1.26 bits per heavy atom. The van der Waals surface area contributed by atoms with Gasteiger partial charge in [0.05, 0.1) is 0 Å². The lowest BCUT2D eigenvalue weighted by Crippen LogP contribution is -2.05. The summed E-state index contributed by atoms with van der Waals surface area (Å²) in [6.07, 6.45) is 7.56. The van der Waals surface area contributed by atoms with Crippen LogP contribution in [0.25, 0.3) is 92.4 Å². The van der Waals surface area contributed by atoms with Crippen molar-refractivity contribution >= 4 is 69.8 Å². The van der Waals surface area contributed by atoms with Gasteiger partial charge in [-0.05, 0) is 64.7 Å². The highest BCUT2D eigenvalue weighted by molar-refractivity contribution is 7.26. The summed E-state index contributed by atoms with van der Waals surface area (Å²) in [5.74, 6) is 2.24. The molecule has 10 aromatic rings. The number of hydrogen-bond donors (Lipinski definition) is 0. The number of thiophene rings is 1. The molecule has 1 atom stereocenters. The summed E-state index contributed by atoms with van der Waals surface area (Å²) in [6, 6.07) is 53.4. The maximum absolute atomic E-state index is 6.78. The number of allylic oxidation sites excluding steroid dienone is 4. The summed E-state index contributed by atoms with van der Waals surface area (Å²) in [5.41, 5.74) is 7.95. The van der Waals surface area contributed by atoms with Gasteiger partial charge in [-0.2, -0.15) is 0 Å². The first kappa shape index (κ1) is 30.9. The second-order valence-corrected chi connectivity index (χ2v) is 15.0. The Balaban J connectivity index is 1.10. The quantitative estimate of drug-likeness (QED) is 0.178. The van der Waals surface area contributed by atoms with Crippen molar-refractivity contribution < 1.29 is 4.42 Å². The van der Waals surface area contributed by atoms with Gasteiger partial charge in [-0.3, -0.25) is 0 Å². The number of aromatic nitrogens is 3. The van der Waals surface area contributed by atoms with Gasteiger partial charge in [0.15, 0.2) is 17.5 Å². The molecule has 0 saturated carbocycles. The van der Waals surface area contributed by atoms with Gasteiger partial charge in [0.25, 0.3) is 0 Å². The molecule has 0 bridgehead atoms. The smallest absolute Gasteiger partial charge is 0.164 e. The van der Waals surface area contributed by atoms with Gasteiger partial charge >= 0.3 is 0 Å². The summed E-state index contributed by atoms with van der Waals surface area (Å²) in [4.78, 5) is 15.4. The number of para-hydroxylation sites is 1. The second kappa shape index (κ2) is 12.5. The topological polar surface area (TPSA) is 51.8 Å². The number of benzene rings is 7. The van der Waals surface area contributed by atoms with Crippen molar-refractivity contribution in [2.45, 2.75) is 12.3 Å². The predicted octanol–water partition coefficient (Wildman–Crippen LogP) is 13.4. The predicted molar refractivity (Wildman–Crippen MR) is 225 cm³/mol. The van der Waals surface area contributed by atoms with Crippen LogP contribution in [-0.2, 0) is 0 Å². The molecule has 0 spiro atoms. The van der Waals surface area contributed by atoms with Gasteiger partial charge in [-0.15, -0.1) is 11.3 Å². The van der Waals surface area contributed by atoms with Crippen LogP contribution >= 0.6 is 11.3 Å². The van der Waals surface area contributed by atoms with Crippen molar-refractivity contribution in [3.05, 3.63) is 181 Å². The van der Waals surface area contributed by atoms with Crippen molar-refractivity contribution in [2.75, 3.05) is 0 Å². The van der Waals surface area contributed by atoms with Crippen LogP contribution < -0.4 is 0 Å². The van der Waals surface area contributed by atoms with Gasteiger partial charge < -0.3 is 4.42 Å². The molecule has 0 saturated heterocycles. The van der Waals surface area contributed by atoms with Gasteiger partial charge in [0, 0.05) is 59.1 Å². The molecule has 0 fully saturated rings. The molecule has 0 amide bonds. The summed E-state index contributed by atoms with van der Waals surface area (Å²) in [7, 11) is 0. The van der Waals surface area contributed by atoms with E-state index in [-0.39, 0.29) is 0 Å². The maximum Gasteiger partial charge on any atom is 0.164 e. The van der Waals surface area contributed by atoms with Crippen molar-refractivity contribution in [2.24, 2.45) is 0 Å². The Kier molecular flexibility index (Phi) is 7.13. The molecule has 3 aromatic heterocycles. The minimum Gasteiger partial charge on any atom is -0.455 e. The zero-order chi connectivity index (χ0) is 35.6. The molecule has 1 aliphatic rings. The standard InChI is InChI=1S/C49H31N3OS/c1-3-11-30(12-4-1)31-19-21-34(22-20-31)48-50-47(33-14-5-2-6-15-33)51-49(52-48)39-26-25-37(46-45(39)38-17-9-10-18-41(38)53-46)35-24-27-42-40(29-35)44-36-16-8-7-13-32(36)23-28-43(44)54-42/h1-19,21-29,31H,20H2. The lowest BCUT2D eigenvalue weighted by atomic mass is 9.90. The highest BCUT2D eigenvalue weighted by atomic mass is 32.1. The van der Waals surface area contributed by atoms with Gasteiger partial charge in [0.2, 0.25) is 0 Å². The third-order valence-electron chi connectivity index (χ3n) is 10.7. The molecule has 0 radical (unpaired) electrons. The minimum atomic E-state index is 0.319. The third kappa shape index (κ3) is 5.08. The maximum atomic E-state index is 6.78.